The molecule has 3 atom stereocenters. The zero-order valence-corrected chi connectivity index (χ0v) is 48.6. The van der Waals surface area contributed by atoms with Crippen molar-refractivity contribution in [3.8, 4) is 23.0 Å². The van der Waals surface area contributed by atoms with Crippen molar-refractivity contribution in [2.75, 3.05) is 53.6 Å². The maximum Gasteiger partial charge on any atom is 0.261 e. The van der Waals surface area contributed by atoms with Gasteiger partial charge in [-0.2, -0.15) is 0 Å². The van der Waals surface area contributed by atoms with E-state index >= 15 is 4.79 Å². The van der Waals surface area contributed by atoms with Gasteiger partial charge in [-0.15, -0.1) is 0 Å². The van der Waals surface area contributed by atoms with Crippen LogP contribution < -0.4 is 39.0 Å². The molecule has 0 aromatic heterocycles. The number of hydrogen-bond donors (Lipinski definition) is 1. The lowest BCUT2D eigenvalue weighted by Gasteiger charge is -2.45. The van der Waals surface area contributed by atoms with Gasteiger partial charge in [0.25, 0.3) is 11.8 Å². The van der Waals surface area contributed by atoms with E-state index in [0.717, 1.165) is 40.0 Å². The van der Waals surface area contributed by atoms with E-state index in [-0.39, 0.29) is 59.3 Å². The monoisotopic (exact) mass is 1080 g/mol. The highest BCUT2D eigenvalue weighted by atomic mass is 33.1. The Kier molecular flexibility index (Phi) is 15.8. The molecule has 0 fully saturated rings. The smallest absolute Gasteiger partial charge is 0.261 e. The quantitative estimate of drug-likeness (QED) is 0.0793. The SMILES string of the molecule is COc1cc2c(cc1OCc1cc(COc3cc4c(cc3OC)C(=O)N3c5ccccc5C[C@H]3CN4)cc(N(C(=O)C(C)(C)CC(C)C(C)(C)SSC)C(C)(C)CCOC(C)(C)C)c1)N=C[C@@H]1Cc3ccccc3N1C2=O. The number of para-hydroxylation sites is 2. The number of ether oxygens (including phenoxy) is 5. The van der Waals surface area contributed by atoms with E-state index < -0.39 is 11.0 Å². The standard InChI is InChI=1S/C62H75N5O8S2/c1-38(62(9,10)77-76-13)33-60(5,6)58(70)67(61(7,8)22-23-75-59(2,3)4)43-25-39(36-73-54-31-48-46(29-52(54)71-11)56(68)65-44(34-63-48)27-41-18-14-16-20-50(41)65)24-40(26-43)37-74-55-32-49-47(30-53(55)72-12)57(69)66-45(35-64-49)28-42-19-15-17-21-51(42)66/h14-21,24-26,29-32,34,38,44-45,64H,22-23,27-28,33,35-37H2,1-13H3/t38?,44-,45-/m0/s1. The minimum absolute atomic E-state index is 0.00984. The van der Waals surface area contributed by atoms with E-state index in [1.807, 2.05) is 113 Å². The third kappa shape index (κ3) is 11.5. The number of carbonyl (C=O) groups excluding carboxylic acids is 3. The molecule has 0 bridgehead atoms. The number of anilines is 4. The Morgan fingerprint density at radius 1 is 0.753 bits per heavy atom. The molecule has 0 saturated heterocycles. The number of methoxy groups -OCH3 is 2. The third-order valence-corrected chi connectivity index (χ3v) is 18.3. The van der Waals surface area contributed by atoms with Gasteiger partial charge in [-0.1, -0.05) is 78.8 Å². The maximum atomic E-state index is 15.7. The van der Waals surface area contributed by atoms with E-state index in [9.17, 15) is 9.59 Å². The van der Waals surface area contributed by atoms with Crippen molar-refractivity contribution in [2.45, 2.75) is 136 Å². The molecule has 408 valence electrons. The first kappa shape index (κ1) is 55.6. The van der Waals surface area contributed by atoms with Crippen LogP contribution in [0, 0.1) is 11.3 Å². The summed E-state index contributed by atoms with van der Waals surface area (Å²) in [4.78, 5) is 54.8. The normalized spacial score (nSPS) is 17.2. The summed E-state index contributed by atoms with van der Waals surface area (Å²) in [5.74, 6) is 1.62. The highest BCUT2D eigenvalue weighted by Gasteiger charge is 2.44. The molecule has 15 heteroatoms. The first-order valence-corrected chi connectivity index (χ1v) is 29.2. The summed E-state index contributed by atoms with van der Waals surface area (Å²) < 4.78 is 31.6. The van der Waals surface area contributed by atoms with Crippen molar-refractivity contribution < 1.29 is 38.1 Å². The predicted octanol–water partition coefficient (Wildman–Crippen LogP) is 13.3. The lowest BCUT2D eigenvalue weighted by Crippen LogP contribution is -2.54. The van der Waals surface area contributed by atoms with Crippen molar-refractivity contribution in [2.24, 2.45) is 16.3 Å². The number of nitrogens with zero attached hydrogens (tertiary/aromatic N) is 4. The van der Waals surface area contributed by atoms with E-state index in [1.54, 1.807) is 43.2 Å². The Morgan fingerprint density at radius 2 is 1.34 bits per heavy atom. The molecule has 4 aliphatic heterocycles. The van der Waals surface area contributed by atoms with Crippen LogP contribution in [0.25, 0.3) is 0 Å². The predicted molar refractivity (Wildman–Crippen MR) is 314 cm³/mol. The number of fused-ring (bicyclic) bond motifs is 8. The van der Waals surface area contributed by atoms with E-state index in [4.69, 9.17) is 28.7 Å². The largest absolute Gasteiger partial charge is 0.493 e. The van der Waals surface area contributed by atoms with Gasteiger partial charge in [0.2, 0.25) is 5.91 Å². The molecule has 5 aromatic carbocycles. The minimum Gasteiger partial charge on any atom is -0.493 e. The molecule has 4 heterocycles. The topological polar surface area (TPSA) is 131 Å². The van der Waals surface area contributed by atoms with Gasteiger partial charge in [0, 0.05) is 70.7 Å². The molecule has 0 aliphatic carbocycles. The maximum absolute atomic E-state index is 15.7. The molecule has 9 rings (SSSR count). The van der Waals surface area contributed by atoms with Crippen LogP contribution in [0.15, 0.2) is 96.0 Å². The lowest BCUT2D eigenvalue weighted by atomic mass is 9.77. The van der Waals surface area contributed by atoms with Gasteiger partial charge in [-0.3, -0.25) is 24.3 Å². The zero-order chi connectivity index (χ0) is 55.2. The molecular weight excluding hydrogens is 1010 g/mol. The van der Waals surface area contributed by atoms with Crippen molar-refractivity contribution in [1.29, 1.82) is 0 Å². The van der Waals surface area contributed by atoms with Gasteiger partial charge >= 0.3 is 0 Å². The van der Waals surface area contributed by atoms with Crippen molar-refractivity contribution >= 4 is 74.0 Å². The number of hydrogen-bond acceptors (Lipinski definition) is 12. The van der Waals surface area contributed by atoms with Crippen LogP contribution in [0.1, 0.15) is 125 Å². The Bertz CT molecular complexity index is 3090. The fourth-order valence-electron chi connectivity index (χ4n) is 11.1. The van der Waals surface area contributed by atoms with Crippen LogP contribution in [0.2, 0.25) is 0 Å². The second kappa shape index (κ2) is 21.9. The molecule has 77 heavy (non-hydrogen) atoms. The molecule has 5 aromatic rings. The number of aliphatic imine (C=N–C) groups is 1. The number of rotatable bonds is 19. The van der Waals surface area contributed by atoms with Gasteiger partial charge in [-0.25, -0.2) is 0 Å². The average Bonchev–Trinajstić information content (AvgIpc) is 3.93. The summed E-state index contributed by atoms with van der Waals surface area (Å²) in [6, 6.07) is 29.0. The minimum atomic E-state index is -0.776. The van der Waals surface area contributed by atoms with Gasteiger partial charge in [0.15, 0.2) is 23.0 Å². The lowest BCUT2D eigenvalue weighted by molar-refractivity contribution is -0.129. The van der Waals surface area contributed by atoms with Crippen LogP contribution >= 0.6 is 21.6 Å². The van der Waals surface area contributed by atoms with Crippen LogP contribution in [0.3, 0.4) is 0 Å². The Labute approximate surface area is 463 Å². The number of carbonyl (C=O) groups is 3. The second-order valence-corrected chi connectivity index (χ2v) is 26.6. The highest BCUT2D eigenvalue weighted by Crippen LogP contribution is 2.47. The van der Waals surface area contributed by atoms with Crippen LogP contribution in [-0.2, 0) is 35.6 Å². The summed E-state index contributed by atoms with van der Waals surface area (Å²) >= 11 is 0. The number of benzene rings is 5. The molecule has 1 unspecified atom stereocenters. The van der Waals surface area contributed by atoms with Crippen molar-refractivity contribution in [3.05, 3.63) is 124 Å². The van der Waals surface area contributed by atoms with E-state index in [1.165, 1.54) is 0 Å². The van der Waals surface area contributed by atoms with Gasteiger partial charge in [0.05, 0.1) is 54.4 Å². The Balaban J connectivity index is 1.08. The van der Waals surface area contributed by atoms with Crippen LogP contribution in [-0.4, -0.2) is 85.5 Å². The fraction of sp³-hybridized carbons (Fsp3) is 0.452. The molecule has 13 nitrogen and oxygen atoms in total. The first-order valence-electron chi connectivity index (χ1n) is 26.7. The summed E-state index contributed by atoms with van der Waals surface area (Å²) in [6.45, 7) is 22.3. The molecule has 4 aliphatic rings. The summed E-state index contributed by atoms with van der Waals surface area (Å²) in [5.41, 5.74) is 6.49. The molecule has 0 radical (unpaired) electrons. The molecule has 0 saturated carbocycles. The summed E-state index contributed by atoms with van der Waals surface area (Å²) in [7, 11) is 6.72. The summed E-state index contributed by atoms with van der Waals surface area (Å²) in [6.07, 6.45) is 6.59. The number of amides is 3. The molecule has 3 amide bonds. The van der Waals surface area contributed by atoms with Crippen LogP contribution in [0.5, 0.6) is 23.0 Å². The fourth-order valence-corrected chi connectivity index (χ4v) is 13.6. The van der Waals surface area contributed by atoms with Crippen LogP contribution in [0.4, 0.5) is 28.4 Å². The third-order valence-electron chi connectivity index (χ3n) is 15.5. The zero-order valence-electron chi connectivity index (χ0n) is 47.0. The highest BCUT2D eigenvalue weighted by molar-refractivity contribution is 8.76. The molecule has 1 N–H and O–H groups in total. The van der Waals surface area contributed by atoms with Gasteiger partial charge in [0.1, 0.15) is 13.2 Å². The summed E-state index contributed by atoms with van der Waals surface area (Å²) in [5, 5.41) is 3.55. The average molecular weight is 1080 g/mol. The van der Waals surface area contributed by atoms with Gasteiger partial charge in [-0.05, 0) is 145 Å². The Morgan fingerprint density at radius 3 is 1.96 bits per heavy atom. The van der Waals surface area contributed by atoms with Crippen molar-refractivity contribution in [1.82, 2.24) is 0 Å². The van der Waals surface area contributed by atoms with E-state index in [0.29, 0.717) is 83.6 Å². The first-order chi connectivity index (χ1) is 36.5. The second-order valence-electron chi connectivity index (χ2n) is 23.6. The molecular formula is C62H75N5O8S2. The Hall–Kier alpha value is -6.16. The van der Waals surface area contributed by atoms with E-state index in [2.05, 4.69) is 72.2 Å². The number of nitrogens with one attached hydrogen (secondary N) is 1. The van der Waals surface area contributed by atoms with Crippen molar-refractivity contribution in [3.63, 3.8) is 0 Å². The molecule has 0 spiro atoms. The van der Waals surface area contributed by atoms with Gasteiger partial charge < -0.3 is 38.8 Å².